The van der Waals surface area contributed by atoms with Crippen molar-refractivity contribution in [3.63, 3.8) is 0 Å². The molecule has 8 aromatic rings. The smallest absolute Gasteiger partial charge is 0.167 e. The lowest BCUT2D eigenvalue weighted by molar-refractivity contribution is 0.476. The fourth-order valence-corrected chi connectivity index (χ4v) is 5.53. The predicted octanol–water partition coefficient (Wildman–Crippen LogP) is 8.62. The SMILES string of the molecule is Oc1ccccc1-c1nc(-c2ccccc2)nc(-c2ccc3cc(-c4nc(-c5ccccc5)nc(-c5ccccc5O)n4)ccc3c2)n1. The van der Waals surface area contributed by atoms with E-state index >= 15 is 0 Å². The predicted molar refractivity (Wildman–Crippen MR) is 187 cm³/mol. The number of nitrogens with zero attached hydrogens (tertiary/aromatic N) is 6. The van der Waals surface area contributed by atoms with Gasteiger partial charge in [0.25, 0.3) is 0 Å². The number of phenols is 2. The van der Waals surface area contributed by atoms with Crippen molar-refractivity contribution in [2.75, 3.05) is 0 Å². The van der Waals surface area contributed by atoms with Crippen molar-refractivity contribution in [1.29, 1.82) is 0 Å². The molecule has 0 atom stereocenters. The molecule has 2 N–H and O–H groups in total. The Kier molecular flexibility index (Phi) is 7.28. The summed E-state index contributed by atoms with van der Waals surface area (Å²) in [5, 5.41) is 23.1. The van der Waals surface area contributed by atoms with Gasteiger partial charge in [0.1, 0.15) is 11.5 Å². The molecule has 228 valence electrons. The molecule has 48 heavy (non-hydrogen) atoms. The van der Waals surface area contributed by atoms with Crippen molar-refractivity contribution in [2.45, 2.75) is 0 Å². The third kappa shape index (κ3) is 5.59. The van der Waals surface area contributed by atoms with E-state index in [0.29, 0.717) is 46.1 Å². The maximum Gasteiger partial charge on any atom is 0.167 e. The van der Waals surface area contributed by atoms with Crippen LogP contribution in [0, 0.1) is 0 Å². The van der Waals surface area contributed by atoms with Crippen LogP contribution in [0.5, 0.6) is 11.5 Å². The molecule has 8 heteroatoms. The molecule has 2 heterocycles. The topological polar surface area (TPSA) is 118 Å². The highest BCUT2D eigenvalue weighted by Gasteiger charge is 2.17. The first kappa shape index (κ1) is 28.7. The van der Waals surface area contributed by atoms with Gasteiger partial charge in [-0.1, -0.05) is 109 Å². The molecule has 0 saturated carbocycles. The Morgan fingerprint density at radius 2 is 0.625 bits per heavy atom. The number of rotatable bonds is 6. The summed E-state index contributed by atoms with van der Waals surface area (Å²) in [6.07, 6.45) is 0. The minimum absolute atomic E-state index is 0.0964. The second-order valence-corrected chi connectivity index (χ2v) is 11.2. The Bertz CT molecular complexity index is 2260. The van der Waals surface area contributed by atoms with E-state index in [4.69, 9.17) is 29.9 Å². The van der Waals surface area contributed by atoms with Crippen LogP contribution in [-0.2, 0) is 0 Å². The van der Waals surface area contributed by atoms with Gasteiger partial charge in [0.2, 0.25) is 0 Å². The summed E-state index contributed by atoms with van der Waals surface area (Å²) in [6.45, 7) is 0. The van der Waals surface area contributed by atoms with Gasteiger partial charge in [-0.3, -0.25) is 0 Å². The minimum atomic E-state index is 0.0964. The van der Waals surface area contributed by atoms with Crippen molar-refractivity contribution in [1.82, 2.24) is 29.9 Å². The van der Waals surface area contributed by atoms with Crippen molar-refractivity contribution in [3.05, 3.63) is 146 Å². The van der Waals surface area contributed by atoms with Crippen LogP contribution in [0.3, 0.4) is 0 Å². The molecule has 0 aliphatic rings. The highest BCUT2D eigenvalue weighted by molar-refractivity contribution is 5.90. The standard InChI is InChI=1S/C40H26N6O2/c47-33-17-9-7-15-31(33)39-43-35(25-11-3-1-4-12-25)41-37(45-39)29-21-19-28-24-30(22-20-27(28)23-29)38-42-36(26-13-5-2-6-14-26)44-40(46-38)32-16-8-10-18-34(32)48/h1-24,47-48H. The van der Waals surface area contributed by atoms with Crippen LogP contribution < -0.4 is 0 Å². The number of hydrogen-bond acceptors (Lipinski definition) is 8. The second kappa shape index (κ2) is 12.2. The molecule has 6 aromatic carbocycles. The molecule has 8 rings (SSSR count). The first-order valence-electron chi connectivity index (χ1n) is 15.3. The Hall–Kier alpha value is -6.80. The van der Waals surface area contributed by atoms with Crippen molar-refractivity contribution < 1.29 is 10.2 Å². The zero-order chi connectivity index (χ0) is 32.5. The monoisotopic (exact) mass is 622 g/mol. The third-order valence-corrected chi connectivity index (χ3v) is 7.98. The Morgan fingerprint density at radius 3 is 1.02 bits per heavy atom. The number of aromatic hydroxyl groups is 2. The normalized spacial score (nSPS) is 11.1. The molecule has 0 unspecified atom stereocenters. The Morgan fingerprint density at radius 1 is 0.292 bits per heavy atom. The quantitative estimate of drug-likeness (QED) is 0.189. The van der Waals surface area contributed by atoms with Gasteiger partial charge in [0, 0.05) is 22.3 Å². The summed E-state index contributed by atoms with van der Waals surface area (Å²) in [5.74, 6) is 2.97. The maximum atomic E-state index is 10.6. The molecule has 8 nitrogen and oxygen atoms in total. The van der Waals surface area contributed by atoms with Crippen LogP contribution in [0.4, 0.5) is 0 Å². The molecule has 0 aliphatic heterocycles. The minimum Gasteiger partial charge on any atom is -0.507 e. The second-order valence-electron chi connectivity index (χ2n) is 11.2. The van der Waals surface area contributed by atoms with Crippen molar-refractivity contribution >= 4 is 10.8 Å². The molecule has 2 aromatic heterocycles. The lowest BCUT2D eigenvalue weighted by Gasteiger charge is -2.11. The van der Waals surface area contributed by atoms with Gasteiger partial charge < -0.3 is 10.2 Å². The van der Waals surface area contributed by atoms with Crippen LogP contribution in [0.25, 0.3) is 79.1 Å². The lowest BCUT2D eigenvalue weighted by atomic mass is 10.0. The summed E-state index contributed by atoms with van der Waals surface area (Å²) in [6, 6.07) is 45.5. The van der Waals surface area contributed by atoms with Gasteiger partial charge in [-0.15, -0.1) is 0 Å². The first-order chi connectivity index (χ1) is 23.6. The van der Waals surface area contributed by atoms with E-state index in [0.717, 1.165) is 33.0 Å². The van der Waals surface area contributed by atoms with Gasteiger partial charge >= 0.3 is 0 Å². The number of aromatic nitrogens is 6. The fraction of sp³-hybridized carbons (Fsp3) is 0. The third-order valence-electron chi connectivity index (χ3n) is 7.98. The number of benzene rings is 6. The maximum absolute atomic E-state index is 10.6. The molecule has 0 fully saturated rings. The van der Waals surface area contributed by atoms with Crippen LogP contribution in [-0.4, -0.2) is 40.1 Å². The average Bonchev–Trinajstić information content (AvgIpc) is 3.15. The van der Waals surface area contributed by atoms with Crippen molar-refractivity contribution in [3.8, 4) is 79.8 Å². The zero-order valence-corrected chi connectivity index (χ0v) is 25.4. The van der Waals surface area contributed by atoms with Crippen LogP contribution >= 0.6 is 0 Å². The van der Waals surface area contributed by atoms with Crippen LogP contribution in [0.2, 0.25) is 0 Å². The molecular formula is C40H26N6O2. The van der Waals surface area contributed by atoms with Crippen molar-refractivity contribution in [2.24, 2.45) is 0 Å². The number of phenolic OH excluding ortho intramolecular Hbond substituents is 2. The summed E-state index contributed by atoms with van der Waals surface area (Å²) in [4.78, 5) is 28.7. The van der Waals surface area contributed by atoms with E-state index in [2.05, 4.69) is 0 Å². The fourth-order valence-electron chi connectivity index (χ4n) is 5.53. The molecular weight excluding hydrogens is 596 g/mol. The van der Waals surface area contributed by atoms with Crippen LogP contribution in [0.15, 0.2) is 146 Å². The Labute approximate surface area is 275 Å². The van der Waals surface area contributed by atoms with Gasteiger partial charge in [-0.05, 0) is 47.2 Å². The van der Waals surface area contributed by atoms with E-state index in [1.165, 1.54) is 0 Å². The van der Waals surface area contributed by atoms with E-state index < -0.39 is 0 Å². The van der Waals surface area contributed by atoms with E-state index in [1.54, 1.807) is 36.4 Å². The van der Waals surface area contributed by atoms with E-state index in [-0.39, 0.29) is 11.5 Å². The highest BCUT2D eigenvalue weighted by Crippen LogP contribution is 2.33. The van der Waals surface area contributed by atoms with Gasteiger partial charge in [-0.2, -0.15) is 0 Å². The first-order valence-corrected chi connectivity index (χ1v) is 15.3. The van der Waals surface area contributed by atoms with Gasteiger partial charge in [0.15, 0.2) is 34.9 Å². The zero-order valence-electron chi connectivity index (χ0n) is 25.4. The largest absolute Gasteiger partial charge is 0.507 e. The van der Waals surface area contributed by atoms with Gasteiger partial charge in [0.05, 0.1) is 11.1 Å². The molecule has 0 saturated heterocycles. The molecule has 0 spiro atoms. The molecule has 0 amide bonds. The van der Waals surface area contributed by atoms with Gasteiger partial charge in [-0.25, -0.2) is 29.9 Å². The average molecular weight is 623 g/mol. The van der Waals surface area contributed by atoms with E-state index in [1.807, 2.05) is 109 Å². The molecule has 0 bridgehead atoms. The Balaban J connectivity index is 1.22. The number of para-hydroxylation sites is 2. The summed E-state index contributed by atoms with van der Waals surface area (Å²) in [7, 11) is 0. The lowest BCUT2D eigenvalue weighted by Crippen LogP contribution is -2.01. The summed E-state index contributed by atoms with van der Waals surface area (Å²) in [5.41, 5.74) is 4.36. The summed E-state index contributed by atoms with van der Waals surface area (Å²) < 4.78 is 0. The molecule has 0 radical (unpaired) electrons. The molecule has 0 aliphatic carbocycles. The highest BCUT2D eigenvalue weighted by atomic mass is 16.3. The summed E-state index contributed by atoms with van der Waals surface area (Å²) >= 11 is 0. The van der Waals surface area contributed by atoms with E-state index in [9.17, 15) is 10.2 Å². The van der Waals surface area contributed by atoms with Crippen LogP contribution in [0.1, 0.15) is 0 Å². The number of fused-ring (bicyclic) bond motifs is 1. The number of hydrogen-bond donors (Lipinski definition) is 2.